The van der Waals surface area contributed by atoms with E-state index in [1.165, 1.54) is 0 Å². The molecule has 0 amide bonds. The molecule has 3 atom stereocenters. The molecule has 0 radical (unpaired) electrons. The van der Waals surface area contributed by atoms with Crippen molar-refractivity contribution < 1.29 is 14.9 Å². The first-order valence-electron chi connectivity index (χ1n) is 3.43. The zero-order chi connectivity index (χ0) is 7.56. The minimum atomic E-state index is -0.807. The highest BCUT2D eigenvalue weighted by atomic mass is 16.5. The predicted molar refractivity (Wildman–Crippen MR) is 35.4 cm³/mol. The van der Waals surface area contributed by atoms with Gasteiger partial charge in [0.1, 0.15) is 6.10 Å². The van der Waals surface area contributed by atoms with Gasteiger partial charge in [-0.2, -0.15) is 0 Å². The fourth-order valence-electron chi connectivity index (χ4n) is 1.06. The molecule has 0 aromatic rings. The molecule has 4 heteroatoms. The van der Waals surface area contributed by atoms with E-state index < -0.39 is 12.2 Å². The fraction of sp³-hybridized carbons (Fsp3) is 1.00. The number of aliphatic hydroxyl groups is 2. The minimum Gasteiger partial charge on any atom is -0.390 e. The van der Waals surface area contributed by atoms with Gasteiger partial charge in [0.25, 0.3) is 0 Å². The number of aliphatic hydroxyl groups excluding tert-OH is 2. The largest absolute Gasteiger partial charge is 0.390 e. The van der Waals surface area contributed by atoms with Crippen LogP contribution in [0.15, 0.2) is 0 Å². The van der Waals surface area contributed by atoms with Gasteiger partial charge in [-0.05, 0) is 6.42 Å². The summed E-state index contributed by atoms with van der Waals surface area (Å²) in [7, 11) is 0. The van der Waals surface area contributed by atoms with Crippen LogP contribution in [0.1, 0.15) is 6.42 Å². The Labute approximate surface area is 59.6 Å². The molecule has 1 unspecified atom stereocenters. The average Bonchev–Trinajstić information content (AvgIpc) is 1.95. The van der Waals surface area contributed by atoms with Gasteiger partial charge in [-0.15, -0.1) is 0 Å². The van der Waals surface area contributed by atoms with Crippen LogP contribution in [0.2, 0.25) is 0 Å². The van der Waals surface area contributed by atoms with Crippen LogP contribution in [0.5, 0.6) is 0 Å². The van der Waals surface area contributed by atoms with E-state index in [2.05, 4.69) is 0 Å². The molecule has 1 saturated heterocycles. The molecule has 0 aromatic carbocycles. The van der Waals surface area contributed by atoms with Crippen molar-refractivity contribution in [3.63, 3.8) is 0 Å². The third-order valence-corrected chi connectivity index (χ3v) is 1.75. The highest BCUT2D eigenvalue weighted by molar-refractivity contribution is 4.80. The maximum Gasteiger partial charge on any atom is 0.107 e. The summed E-state index contributed by atoms with van der Waals surface area (Å²) in [5.41, 5.74) is 5.26. The lowest BCUT2D eigenvalue weighted by Crippen LogP contribution is -2.47. The Bertz CT molecular complexity index is 109. The lowest BCUT2D eigenvalue weighted by Gasteiger charge is -2.30. The van der Waals surface area contributed by atoms with Crippen molar-refractivity contribution in [2.45, 2.75) is 24.7 Å². The first kappa shape index (κ1) is 7.94. The molecule has 1 heterocycles. The van der Waals surface area contributed by atoms with Crippen molar-refractivity contribution in [2.24, 2.45) is 5.73 Å². The maximum atomic E-state index is 9.18. The second-order valence-electron chi connectivity index (χ2n) is 2.49. The molecule has 60 valence electrons. The first-order valence-corrected chi connectivity index (χ1v) is 3.43. The van der Waals surface area contributed by atoms with Crippen LogP contribution in [-0.2, 0) is 4.74 Å². The van der Waals surface area contributed by atoms with Crippen LogP contribution in [0, 0.1) is 0 Å². The molecule has 0 saturated carbocycles. The lowest BCUT2D eigenvalue weighted by atomic mass is 10.0. The summed E-state index contributed by atoms with van der Waals surface area (Å²) < 4.78 is 5.07. The summed E-state index contributed by atoms with van der Waals surface area (Å²) >= 11 is 0. The van der Waals surface area contributed by atoms with E-state index in [1.54, 1.807) is 0 Å². The van der Waals surface area contributed by atoms with Gasteiger partial charge in [0.15, 0.2) is 0 Å². The van der Waals surface area contributed by atoms with E-state index in [9.17, 15) is 5.11 Å². The fourth-order valence-corrected chi connectivity index (χ4v) is 1.06. The molecular formula is C6H13NO3. The van der Waals surface area contributed by atoms with Gasteiger partial charge in [0.05, 0.1) is 12.2 Å². The van der Waals surface area contributed by atoms with E-state index in [0.29, 0.717) is 13.0 Å². The molecule has 0 aliphatic carbocycles. The molecular weight excluding hydrogens is 134 g/mol. The van der Waals surface area contributed by atoms with Gasteiger partial charge in [0.2, 0.25) is 0 Å². The molecule has 0 spiro atoms. The number of ether oxygens (including phenoxy) is 1. The molecule has 0 bridgehead atoms. The molecule has 0 aromatic heterocycles. The molecule has 1 rings (SSSR count). The minimum absolute atomic E-state index is 0.262. The van der Waals surface area contributed by atoms with Gasteiger partial charge in [0, 0.05) is 13.2 Å². The van der Waals surface area contributed by atoms with Crippen LogP contribution in [-0.4, -0.2) is 41.7 Å². The molecule has 10 heavy (non-hydrogen) atoms. The van der Waals surface area contributed by atoms with E-state index in [0.717, 1.165) is 0 Å². The second kappa shape index (κ2) is 3.30. The Morgan fingerprint density at radius 1 is 1.50 bits per heavy atom. The summed E-state index contributed by atoms with van der Waals surface area (Å²) in [5, 5.41) is 18.3. The van der Waals surface area contributed by atoms with E-state index in [1.807, 2.05) is 0 Å². The zero-order valence-corrected chi connectivity index (χ0v) is 5.73. The number of hydrogen-bond donors (Lipinski definition) is 3. The second-order valence-corrected chi connectivity index (χ2v) is 2.49. The number of hydrogen-bond acceptors (Lipinski definition) is 4. The highest BCUT2D eigenvalue weighted by Crippen LogP contribution is 2.13. The van der Waals surface area contributed by atoms with Crippen molar-refractivity contribution in [1.29, 1.82) is 0 Å². The van der Waals surface area contributed by atoms with Gasteiger partial charge in [-0.3, -0.25) is 0 Å². The van der Waals surface area contributed by atoms with Crippen LogP contribution < -0.4 is 5.73 Å². The monoisotopic (exact) mass is 147 g/mol. The van der Waals surface area contributed by atoms with Gasteiger partial charge >= 0.3 is 0 Å². The van der Waals surface area contributed by atoms with Gasteiger partial charge < -0.3 is 20.7 Å². The van der Waals surface area contributed by atoms with E-state index >= 15 is 0 Å². The highest BCUT2D eigenvalue weighted by Gasteiger charge is 2.29. The summed E-state index contributed by atoms with van der Waals surface area (Å²) in [6, 6.07) is 0. The molecule has 4 nitrogen and oxygen atoms in total. The Kier molecular flexibility index (Phi) is 2.62. The van der Waals surface area contributed by atoms with Crippen molar-refractivity contribution >= 4 is 0 Å². The zero-order valence-electron chi connectivity index (χ0n) is 5.73. The van der Waals surface area contributed by atoms with Crippen molar-refractivity contribution in [3.05, 3.63) is 0 Å². The van der Waals surface area contributed by atoms with Gasteiger partial charge in [-0.25, -0.2) is 0 Å². The Morgan fingerprint density at radius 2 is 2.20 bits per heavy atom. The number of rotatable bonds is 1. The van der Waals surface area contributed by atoms with Crippen molar-refractivity contribution in [2.75, 3.05) is 13.2 Å². The maximum absolute atomic E-state index is 9.18. The molecule has 4 N–H and O–H groups in total. The van der Waals surface area contributed by atoms with Crippen molar-refractivity contribution in [1.82, 2.24) is 0 Å². The topological polar surface area (TPSA) is 75.7 Å². The molecule has 1 aliphatic heterocycles. The first-order chi connectivity index (χ1) is 4.75. The predicted octanol–water partition coefficient (Wildman–Crippen LogP) is -1.54. The normalized spacial score (nSPS) is 41.7. The third-order valence-electron chi connectivity index (χ3n) is 1.75. The SMILES string of the molecule is NC[C@@H]1OCCC(O)[C@@H]1O. The molecule has 1 aliphatic rings. The average molecular weight is 147 g/mol. The summed E-state index contributed by atoms with van der Waals surface area (Å²) in [5.74, 6) is 0. The quantitative estimate of drug-likeness (QED) is 0.420. The summed E-state index contributed by atoms with van der Waals surface area (Å²) in [6.45, 7) is 0.748. The van der Waals surface area contributed by atoms with Crippen molar-refractivity contribution in [3.8, 4) is 0 Å². The lowest BCUT2D eigenvalue weighted by molar-refractivity contribution is -0.130. The van der Waals surface area contributed by atoms with E-state index in [4.69, 9.17) is 15.6 Å². The Hall–Kier alpha value is -0.160. The van der Waals surface area contributed by atoms with Gasteiger partial charge in [-0.1, -0.05) is 0 Å². The summed E-state index contributed by atoms with van der Waals surface area (Å²) in [4.78, 5) is 0. The summed E-state index contributed by atoms with van der Waals surface area (Å²) in [6.07, 6.45) is -1.36. The standard InChI is InChI=1S/C6H13NO3/c7-3-5-6(9)4(8)1-2-10-5/h4-6,8-9H,1-3,7H2/t4?,5-,6-/m0/s1. The van der Waals surface area contributed by atoms with Crippen LogP contribution >= 0.6 is 0 Å². The number of nitrogens with two attached hydrogens (primary N) is 1. The van der Waals surface area contributed by atoms with Crippen LogP contribution in [0.4, 0.5) is 0 Å². The van der Waals surface area contributed by atoms with Crippen LogP contribution in [0.25, 0.3) is 0 Å². The molecule has 1 fully saturated rings. The smallest absolute Gasteiger partial charge is 0.107 e. The van der Waals surface area contributed by atoms with Crippen LogP contribution in [0.3, 0.4) is 0 Å². The Balaban J connectivity index is 2.42. The van der Waals surface area contributed by atoms with E-state index in [-0.39, 0.29) is 12.6 Å². The Morgan fingerprint density at radius 3 is 2.70 bits per heavy atom. The third kappa shape index (κ3) is 1.46.